The van der Waals surface area contributed by atoms with Gasteiger partial charge in [-0.2, -0.15) is 0 Å². The van der Waals surface area contributed by atoms with Crippen molar-refractivity contribution in [3.8, 4) is 0 Å². The van der Waals surface area contributed by atoms with Gasteiger partial charge in [0.25, 0.3) is 0 Å². The van der Waals surface area contributed by atoms with Crippen molar-refractivity contribution in [1.29, 1.82) is 0 Å². The molecule has 0 bridgehead atoms. The monoisotopic (exact) mass is 413 g/mol. The van der Waals surface area contributed by atoms with Gasteiger partial charge in [-0.1, -0.05) is 29.8 Å². The zero-order valence-electron chi connectivity index (χ0n) is 16.6. The Morgan fingerprint density at radius 3 is 2.69 bits per heavy atom. The molecule has 1 amide bonds. The number of amides is 1. The third kappa shape index (κ3) is 5.51. The molecule has 3 rings (SSSR count). The molecule has 0 fully saturated rings. The van der Waals surface area contributed by atoms with Crippen molar-refractivity contribution in [1.82, 2.24) is 10.3 Å². The molecule has 0 aliphatic rings. The summed E-state index contributed by atoms with van der Waals surface area (Å²) in [5.74, 6) is 0. The van der Waals surface area contributed by atoms with Crippen LogP contribution in [0.15, 0.2) is 54.7 Å². The fourth-order valence-electron chi connectivity index (χ4n) is 3.00. The maximum atomic E-state index is 13.1. The van der Waals surface area contributed by atoms with Gasteiger partial charge in [-0.05, 0) is 51.1 Å². The van der Waals surface area contributed by atoms with Crippen LogP contribution in [0, 0.1) is 5.21 Å². The van der Waals surface area contributed by atoms with E-state index >= 15 is 0 Å². The van der Waals surface area contributed by atoms with E-state index in [-0.39, 0.29) is 6.54 Å². The number of fused-ring (bicyclic) bond motifs is 1. The van der Waals surface area contributed by atoms with Crippen molar-refractivity contribution in [3.63, 3.8) is 0 Å². The second-order valence-corrected chi connectivity index (χ2v) is 8.17. The molecule has 0 saturated heterocycles. The smallest absolute Gasteiger partial charge is 0.407 e. The molecule has 0 radical (unpaired) electrons. The van der Waals surface area contributed by atoms with Crippen LogP contribution in [0.5, 0.6) is 0 Å². The van der Waals surface area contributed by atoms with Crippen molar-refractivity contribution in [2.45, 2.75) is 32.4 Å². The van der Waals surface area contributed by atoms with Crippen LogP contribution < -0.4 is 5.32 Å². The molecule has 6 nitrogen and oxygen atoms in total. The average molecular weight is 414 g/mol. The Hall–Kier alpha value is -2.99. The van der Waals surface area contributed by atoms with Crippen LogP contribution in [0.25, 0.3) is 10.9 Å². The number of hydrogen-bond acceptors (Lipinski definition) is 3. The molecule has 29 heavy (non-hydrogen) atoms. The largest absolute Gasteiger partial charge is 0.623 e. The van der Waals surface area contributed by atoms with E-state index in [2.05, 4.69) is 10.3 Å². The van der Waals surface area contributed by atoms with Crippen LogP contribution in [0.1, 0.15) is 37.9 Å². The Kier molecular flexibility index (Phi) is 6.13. The van der Waals surface area contributed by atoms with E-state index in [0.717, 1.165) is 26.8 Å². The van der Waals surface area contributed by atoms with Gasteiger partial charge in [0.05, 0.1) is 6.54 Å². The van der Waals surface area contributed by atoms with Crippen molar-refractivity contribution in [3.05, 3.63) is 76.1 Å². The Labute approximate surface area is 174 Å². The normalized spacial score (nSPS) is 13.3. The second kappa shape index (κ2) is 8.57. The number of carbonyl (C=O) groups is 1. The number of alkyl carbamates (subject to hydrolysis) is 1. The highest BCUT2D eigenvalue weighted by molar-refractivity contribution is 6.31. The fourth-order valence-corrected chi connectivity index (χ4v) is 3.17. The topological polar surface area (TPSA) is 80.2 Å². The minimum atomic E-state index is -0.671. The maximum absolute atomic E-state index is 13.1. The summed E-state index contributed by atoms with van der Waals surface area (Å²) in [7, 11) is 0. The highest BCUT2D eigenvalue weighted by Gasteiger charge is 2.25. The SMILES string of the molecule is CC(C)(C)OC(=O)NCC(c1c[nH]c2ccc(Cl)cc12)[N+]([O-])=Cc1ccccc1. The minimum Gasteiger partial charge on any atom is -0.623 e. The van der Waals surface area contributed by atoms with E-state index in [0.29, 0.717) is 5.02 Å². The van der Waals surface area contributed by atoms with E-state index < -0.39 is 17.7 Å². The first-order valence-electron chi connectivity index (χ1n) is 9.32. The van der Waals surface area contributed by atoms with Crippen molar-refractivity contribution >= 4 is 34.8 Å². The van der Waals surface area contributed by atoms with Crippen molar-refractivity contribution in [2.75, 3.05) is 6.54 Å². The number of halogens is 1. The van der Waals surface area contributed by atoms with Crippen LogP contribution in [0.3, 0.4) is 0 Å². The predicted molar refractivity (Wildman–Crippen MR) is 116 cm³/mol. The summed E-state index contributed by atoms with van der Waals surface area (Å²) in [6.45, 7) is 5.43. The number of benzene rings is 2. The lowest BCUT2D eigenvalue weighted by molar-refractivity contribution is -0.500. The molecule has 1 unspecified atom stereocenters. The van der Waals surface area contributed by atoms with Crippen LogP contribution in [-0.2, 0) is 4.74 Å². The average Bonchev–Trinajstić information content (AvgIpc) is 3.04. The summed E-state index contributed by atoms with van der Waals surface area (Å²) < 4.78 is 6.14. The second-order valence-electron chi connectivity index (χ2n) is 7.73. The summed E-state index contributed by atoms with van der Waals surface area (Å²) in [5.41, 5.74) is 1.74. The van der Waals surface area contributed by atoms with Crippen LogP contribution >= 0.6 is 11.6 Å². The van der Waals surface area contributed by atoms with E-state index in [1.165, 1.54) is 6.21 Å². The predicted octanol–water partition coefficient (Wildman–Crippen LogP) is 5.02. The van der Waals surface area contributed by atoms with E-state index in [1.807, 2.05) is 36.4 Å². The van der Waals surface area contributed by atoms with Gasteiger partial charge >= 0.3 is 6.09 Å². The molecule has 3 aromatic rings. The number of rotatable bonds is 5. The molecule has 0 aliphatic heterocycles. The van der Waals surface area contributed by atoms with Gasteiger partial charge < -0.3 is 20.2 Å². The summed E-state index contributed by atoms with van der Waals surface area (Å²) in [6, 6.07) is 14.1. The van der Waals surface area contributed by atoms with Gasteiger partial charge in [-0.25, -0.2) is 9.53 Å². The fraction of sp³-hybridized carbons (Fsp3) is 0.273. The van der Waals surface area contributed by atoms with Crippen LogP contribution in [-0.4, -0.2) is 34.2 Å². The lowest BCUT2D eigenvalue weighted by Gasteiger charge is -2.21. The first-order valence-corrected chi connectivity index (χ1v) is 9.69. The number of aromatic amines is 1. The number of ether oxygens (including phenoxy) is 1. The van der Waals surface area contributed by atoms with E-state index in [9.17, 15) is 10.0 Å². The molecule has 1 heterocycles. The standard InChI is InChI=1S/C22H24ClN3O3/c1-22(2,3)29-21(27)25-13-20(26(28)14-15-7-5-4-6-8-15)18-12-24-19-10-9-16(23)11-17(18)19/h4-12,14,20,24H,13H2,1-3H3,(H,25,27). The van der Waals surface area contributed by atoms with Gasteiger partial charge in [0, 0.05) is 33.2 Å². The third-order valence-corrected chi connectivity index (χ3v) is 4.49. The molecule has 0 aliphatic carbocycles. The summed E-state index contributed by atoms with van der Waals surface area (Å²) in [4.78, 5) is 15.3. The molecule has 2 N–H and O–H groups in total. The Morgan fingerprint density at radius 1 is 1.28 bits per heavy atom. The van der Waals surface area contributed by atoms with Gasteiger partial charge in [-0.15, -0.1) is 0 Å². The summed E-state index contributed by atoms with van der Waals surface area (Å²) in [5, 5.41) is 17.2. The van der Waals surface area contributed by atoms with E-state index in [1.54, 1.807) is 39.1 Å². The number of nitrogens with zero attached hydrogens (tertiary/aromatic N) is 1. The number of aromatic nitrogens is 1. The maximum Gasteiger partial charge on any atom is 0.407 e. The number of nitrogens with one attached hydrogen (secondary N) is 2. The number of hydrogen-bond donors (Lipinski definition) is 2. The molecule has 2 aromatic carbocycles. The Bertz CT molecular complexity index is 1020. The van der Waals surface area contributed by atoms with Gasteiger partial charge in [0.15, 0.2) is 6.21 Å². The lowest BCUT2D eigenvalue weighted by Crippen LogP contribution is -2.36. The summed E-state index contributed by atoms with van der Waals surface area (Å²) in [6.07, 6.45) is 2.70. The Balaban J connectivity index is 1.93. The highest BCUT2D eigenvalue weighted by atomic mass is 35.5. The molecular formula is C22H24ClN3O3. The van der Waals surface area contributed by atoms with E-state index in [4.69, 9.17) is 16.3 Å². The zero-order chi connectivity index (χ0) is 21.0. The number of H-pyrrole nitrogens is 1. The first-order chi connectivity index (χ1) is 13.7. The van der Waals surface area contributed by atoms with Gasteiger partial charge in [0.1, 0.15) is 5.60 Å². The third-order valence-electron chi connectivity index (χ3n) is 4.26. The first kappa shape index (κ1) is 20.7. The quantitative estimate of drug-likeness (QED) is 0.267. The van der Waals surface area contributed by atoms with Crippen LogP contribution in [0.4, 0.5) is 4.79 Å². The van der Waals surface area contributed by atoms with Gasteiger partial charge in [-0.3, -0.25) is 0 Å². The zero-order valence-corrected chi connectivity index (χ0v) is 17.4. The number of hydroxylamine groups is 1. The minimum absolute atomic E-state index is 0.0706. The molecule has 7 heteroatoms. The molecule has 0 saturated carbocycles. The van der Waals surface area contributed by atoms with Crippen molar-refractivity contribution < 1.29 is 14.3 Å². The number of carbonyl (C=O) groups excluding carboxylic acids is 1. The molecule has 1 atom stereocenters. The van der Waals surface area contributed by atoms with Crippen LogP contribution in [0.2, 0.25) is 5.02 Å². The molecule has 152 valence electrons. The molecule has 0 spiro atoms. The van der Waals surface area contributed by atoms with Gasteiger partial charge in [0.2, 0.25) is 6.04 Å². The van der Waals surface area contributed by atoms with Crippen molar-refractivity contribution in [2.24, 2.45) is 0 Å². The Morgan fingerprint density at radius 2 is 2.00 bits per heavy atom. The summed E-state index contributed by atoms with van der Waals surface area (Å²) >= 11 is 6.16. The molecular weight excluding hydrogens is 390 g/mol. The highest BCUT2D eigenvalue weighted by Crippen LogP contribution is 2.28. The molecule has 1 aromatic heterocycles. The lowest BCUT2D eigenvalue weighted by atomic mass is 10.1.